The van der Waals surface area contributed by atoms with Gasteiger partial charge in [-0.05, 0) is 81.9 Å². The van der Waals surface area contributed by atoms with Crippen molar-refractivity contribution in [2.75, 3.05) is 0 Å². The van der Waals surface area contributed by atoms with Crippen molar-refractivity contribution in [1.82, 2.24) is 9.55 Å². The van der Waals surface area contributed by atoms with Gasteiger partial charge in [0, 0.05) is 3.57 Å². The van der Waals surface area contributed by atoms with Crippen molar-refractivity contribution < 1.29 is 9.34 Å². The van der Waals surface area contributed by atoms with Crippen LogP contribution in [-0.4, -0.2) is 14.5 Å². The van der Waals surface area contributed by atoms with E-state index in [1.165, 1.54) is 12.1 Å². The quantitative estimate of drug-likeness (QED) is 0.165. The Morgan fingerprint density at radius 1 is 0.969 bits per heavy atom. The number of hydrogen-bond donors (Lipinski definition) is 0. The largest absolute Gasteiger partial charge is 0.433 e. The zero-order valence-corrected chi connectivity index (χ0v) is 18.6. The standard InChI is InChI=1S/C24H14IN3O4/c25-17-6-10-21-20(14-17)24(29)27(18-7-5-15-3-1-2-4-16(15)13-18)22(26-21)11-8-19-9-12-23(32-19)28(30)31/h1-14H/b11-8+. The minimum atomic E-state index is -0.599. The average molecular weight is 535 g/mol. The number of rotatable bonds is 4. The molecule has 0 atom stereocenters. The first-order valence-corrected chi connectivity index (χ1v) is 10.7. The molecule has 0 aliphatic carbocycles. The maximum Gasteiger partial charge on any atom is 0.433 e. The second-order valence-corrected chi connectivity index (χ2v) is 8.32. The van der Waals surface area contributed by atoms with E-state index >= 15 is 0 Å². The Labute approximate surface area is 194 Å². The van der Waals surface area contributed by atoms with E-state index < -0.39 is 4.92 Å². The molecule has 0 amide bonds. The molecule has 2 aromatic heterocycles. The number of hydrogen-bond acceptors (Lipinski definition) is 5. The molecule has 32 heavy (non-hydrogen) atoms. The van der Waals surface area contributed by atoms with Gasteiger partial charge in [0.2, 0.25) is 0 Å². The number of benzene rings is 3. The van der Waals surface area contributed by atoms with Gasteiger partial charge in [-0.25, -0.2) is 4.98 Å². The van der Waals surface area contributed by atoms with Crippen LogP contribution in [0.25, 0.3) is 39.5 Å². The molecule has 0 saturated carbocycles. The lowest BCUT2D eigenvalue weighted by atomic mass is 10.1. The summed E-state index contributed by atoms with van der Waals surface area (Å²) >= 11 is 2.17. The van der Waals surface area contributed by atoms with Crippen LogP contribution in [0.4, 0.5) is 5.88 Å². The summed E-state index contributed by atoms with van der Waals surface area (Å²) in [7, 11) is 0. The van der Waals surface area contributed by atoms with E-state index in [-0.39, 0.29) is 11.4 Å². The predicted molar refractivity (Wildman–Crippen MR) is 132 cm³/mol. The van der Waals surface area contributed by atoms with Gasteiger partial charge in [-0.1, -0.05) is 30.3 Å². The third-order valence-electron chi connectivity index (χ3n) is 5.04. The van der Waals surface area contributed by atoms with Crippen LogP contribution in [0.5, 0.6) is 0 Å². The lowest BCUT2D eigenvalue weighted by molar-refractivity contribution is -0.402. The molecule has 0 radical (unpaired) electrons. The highest BCUT2D eigenvalue weighted by Crippen LogP contribution is 2.22. The van der Waals surface area contributed by atoms with Crippen molar-refractivity contribution in [3.8, 4) is 5.69 Å². The number of halogens is 1. The Kier molecular flexibility index (Phi) is 5.06. The average Bonchev–Trinajstić information content (AvgIpc) is 3.27. The number of nitrogens with zero attached hydrogens (tertiary/aromatic N) is 3. The lowest BCUT2D eigenvalue weighted by Crippen LogP contribution is -2.22. The zero-order valence-electron chi connectivity index (χ0n) is 16.4. The number of aromatic nitrogens is 2. The van der Waals surface area contributed by atoms with Crippen LogP contribution in [0, 0.1) is 13.7 Å². The highest BCUT2D eigenvalue weighted by Gasteiger charge is 2.14. The first-order chi connectivity index (χ1) is 15.5. The van der Waals surface area contributed by atoms with Crippen molar-refractivity contribution in [1.29, 1.82) is 0 Å². The van der Waals surface area contributed by atoms with Crippen molar-refractivity contribution in [2.24, 2.45) is 0 Å². The molecule has 0 unspecified atom stereocenters. The van der Waals surface area contributed by atoms with Crippen molar-refractivity contribution >= 4 is 62.3 Å². The first-order valence-electron chi connectivity index (χ1n) is 9.63. The maximum absolute atomic E-state index is 13.5. The van der Waals surface area contributed by atoms with E-state index in [0.717, 1.165) is 14.3 Å². The van der Waals surface area contributed by atoms with Crippen LogP contribution in [0.3, 0.4) is 0 Å². The molecule has 0 fully saturated rings. The molecule has 156 valence electrons. The van der Waals surface area contributed by atoms with Gasteiger partial charge in [0.15, 0.2) is 0 Å². The second kappa shape index (κ2) is 8.04. The normalized spacial score (nSPS) is 11.5. The van der Waals surface area contributed by atoms with E-state index in [9.17, 15) is 14.9 Å². The maximum atomic E-state index is 13.5. The molecular formula is C24H14IN3O4. The number of nitro groups is 1. The Hall–Kier alpha value is -3.79. The van der Waals surface area contributed by atoms with Gasteiger partial charge in [-0.3, -0.25) is 19.5 Å². The van der Waals surface area contributed by atoms with Gasteiger partial charge in [-0.2, -0.15) is 0 Å². The van der Waals surface area contributed by atoms with Crippen LogP contribution in [0.2, 0.25) is 0 Å². The molecule has 0 aliphatic heterocycles. The molecule has 2 heterocycles. The highest BCUT2D eigenvalue weighted by molar-refractivity contribution is 14.1. The molecule has 7 nitrogen and oxygen atoms in total. The summed E-state index contributed by atoms with van der Waals surface area (Å²) in [6, 6.07) is 22.0. The highest BCUT2D eigenvalue weighted by atomic mass is 127. The molecule has 0 aliphatic rings. The Morgan fingerprint density at radius 2 is 1.78 bits per heavy atom. The summed E-state index contributed by atoms with van der Waals surface area (Å²) in [6.07, 6.45) is 3.18. The Balaban J connectivity index is 1.72. The first kappa shape index (κ1) is 20.1. The molecule has 0 saturated heterocycles. The van der Waals surface area contributed by atoms with Gasteiger partial charge in [0.05, 0.1) is 22.7 Å². The topological polar surface area (TPSA) is 91.2 Å². The second-order valence-electron chi connectivity index (χ2n) is 7.07. The molecule has 0 bridgehead atoms. The molecule has 3 aromatic carbocycles. The summed E-state index contributed by atoms with van der Waals surface area (Å²) in [5.41, 5.74) is 1.04. The van der Waals surface area contributed by atoms with Gasteiger partial charge < -0.3 is 4.42 Å². The van der Waals surface area contributed by atoms with Gasteiger partial charge in [0.1, 0.15) is 16.5 Å². The zero-order chi connectivity index (χ0) is 22.2. The minimum absolute atomic E-state index is 0.200. The monoisotopic (exact) mass is 535 g/mol. The molecular weight excluding hydrogens is 521 g/mol. The summed E-state index contributed by atoms with van der Waals surface area (Å²) < 4.78 is 7.68. The van der Waals surface area contributed by atoms with E-state index in [2.05, 4.69) is 27.6 Å². The van der Waals surface area contributed by atoms with E-state index in [1.54, 1.807) is 22.8 Å². The smallest absolute Gasteiger partial charge is 0.401 e. The van der Waals surface area contributed by atoms with Gasteiger partial charge in [-0.15, -0.1) is 0 Å². The van der Waals surface area contributed by atoms with Crippen molar-refractivity contribution in [3.63, 3.8) is 0 Å². The number of fused-ring (bicyclic) bond motifs is 2. The molecule has 0 spiro atoms. The van der Waals surface area contributed by atoms with Crippen LogP contribution < -0.4 is 5.56 Å². The minimum Gasteiger partial charge on any atom is -0.401 e. The summed E-state index contributed by atoms with van der Waals surface area (Å²) in [5, 5.41) is 13.5. The summed E-state index contributed by atoms with van der Waals surface area (Å²) in [5.74, 6) is 0.328. The molecule has 5 aromatic rings. The molecule has 0 N–H and O–H groups in total. The fourth-order valence-electron chi connectivity index (χ4n) is 3.54. The van der Waals surface area contributed by atoms with E-state index in [1.807, 2.05) is 54.6 Å². The van der Waals surface area contributed by atoms with Gasteiger partial charge in [0.25, 0.3) is 5.56 Å². The van der Waals surface area contributed by atoms with Crippen LogP contribution in [0.1, 0.15) is 11.6 Å². The SMILES string of the molecule is O=c1c2cc(I)ccc2nc(/C=C/c2ccc([N+](=O)[O-])o2)n1-c1ccc2ccccc2c1. The van der Waals surface area contributed by atoms with Crippen LogP contribution in [-0.2, 0) is 0 Å². The van der Waals surface area contributed by atoms with Crippen molar-refractivity contribution in [3.05, 3.63) is 108 Å². The van der Waals surface area contributed by atoms with Crippen molar-refractivity contribution in [2.45, 2.75) is 0 Å². The van der Waals surface area contributed by atoms with Crippen LogP contribution in [0.15, 0.2) is 82.0 Å². The third-order valence-corrected chi connectivity index (χ3v) is 5.71. The third kappa shape index (κ3) is 3.69. The Bertz CT molecular complexity index is 1600. The predicted octanol–water partition coefficient (Wildman–Crippen LogP) is 5.82. The Morgan fingerprint density at radius 3 is 2.56 bits per heavy atom. The van der Waals surface area contributed by atoms with Crippen LogP contribution >= 0.6 is 22.6 Å². The van der Waals surface area contributed by atoms with E-state index in [4.69, 9.17) is 4.42 Å². The van der Waals surface area contributed by atoms with E-state index in [0.29, 0.717) is 28.2 Å². The lowest BCUT2D eigenvalue weighted by Gasteiger charge is -2.12. The summed E-state index contributed by atoms with van der Waals surface area (Å²) in [6.45, 7) is 0. The molecule has 5 rings (SSSR count). The summed E-state index contributed by atoms with van der Waals surface area (Å²) in [4.78, 5) is 28.5. The van der Waals surface area contributed by atoms with Gasteiger partial charge >= 0.3 is 5.88 Å². The fraction of sp³-hybridized carbons (Fsp3) is 0. The fourth-order valence-corrected chi connectivity index (χ4v) is 4.03. The molecule has 8 heteroatoms. The number of furan rings is 1.